The van der Waals surface area contributed by atoms with E-state index in [0.717, 1.165) is 6.42 Å². The molecule has 10 nitrogen and oxygen atoms in total. The number of nitrogens with one attached hydrogen (secondary N) is 1. The van der Waals surface area contributed by atoms with Crippen LogP contribution in [0.3, 0.4) is 0 Å². The highest BCUT2D eigenvalue weighted by Gasteiger charge is 2.45. The molecule has 6 rings (SSSR count). The molecule has 2 atom stereocenters. The number of carbonyl (C=O) groups is 1. The van der Waals surface area contributed by atoms with Gasteiger partial charge in [0.15, 0.2) is 5.82 Å². The lowest BCUT2D eigenvalue weighted by Crippen LogP contribution is -2.53. The minimum atomic E-state index is -0.313. The summed E-state index contributed by atoms with van der Waals surface area (Å²) in [6.07, 6.45) is 3.11. The lowest BCUT2D eigenvalue weighted by Gasteiger charge is -2.49. The van der Waals surface area contributed by atoms with Gasteiger partial charge in [0.1, 0.15) is 16.9 Å². The van der Waals surface area contributed by atoms with Gasteiger partial charge in [-0.05, 0) is 24.6 Å². The molecule has 3 N–H and O–H groups in total. The van der Waals surface area contributed by atoms with Crippen molar-refractivity contribution in [2.75, 3.05) is 23.7 Å². The lowest BCUT2D eigenvalue weighted by molar-refractivity contribution is 0.0944. The third kappa shape index (κ3) is 3.28. The fourth-order valence-electron chi connectivity index (χ4n) is 5.09. The zero-order valence-electron chi connectivity index (χ0n) is 19.0. The molecule has 11 heteroatoms. The molecule has 0 aliphatic carbocycles. The molecule has 0 saturated carbocycles. The summed E-state index contributed by atoms with van der Waals surface area (Å²) in [4.78, 5) is 37.4. The SMILES string of the molecule is CC[C@H]1CN(c2nc(N)nc3c2C(=O)NCC3)[C@@H]1c1nn2ccc(Cl)c2c(=O)n1-c1ccccc1. The van der Waals surface area contributed by atoms with Gasteiger partial charge in [0.2, 0.25) is 5.95 Å². The van der Waals surface area contributed by atoms with Crippen LogP contribution >= 0.6 is 11.6 Å². The van der Waals surface area contributed by atoms with Crippen molar-refractivity contribution < 1.29 is 4.79 Å². The van der Waals surface area contributed by atoms with Gasteiger partial charge in [0.25, 0.3) is 11.5 Å². The Kier molecular flexibility index (Phi) is 4.99. The van der Waals surface area contributed by atoms with Gasteiger partial charge in [-0.2, -0.15) is 10.1 Å². The number of benzene rings is 1. The molecule has 0 spiro atoms. The zero-order chi connectivity index (χ0) is 24.3. The molecule has 1 aromatic carbocycles. The highest BCUT2D eigenvalue weighted by Crippen LogP contribution is 2.44. The van der Waals surface area contributed by atoms with Gasteiger partial charge in [-0.25, -0.2) is 9.50 Å². The van der Waals surface area contributed by atoms with E-state index in [2.05, 4.69) is 22.2 Å². The second kappa shape index (κ2) is 8.09. The van der Waals surface area contributed by atoms with Crippen LogP contribution in [0.25, 0.3) is 11.2 Å². The third-order valence-corrected chi connectivity index (χ3v) is 7.11. The highest BCUT2D eigenvalue weighted by molar-refractivity contribution is 6.33. The number of amides is 1. The first-order valence-electron chi connectivity index (χ1n) is 11.5. The number of aromatic nitrogens is 5. The maximum absolute atomic E-state index is 13.7. The van der Waals surface area contributed by atoms with Crippen LogP contribution in [0.4, 0.5) is 11.8 Å². The average molecular weight is 491 g/mol. The van der Waals surface area contributed by atoms with Crippen molar-refractivity contribution in [2.24, 2.45) is 5.92 Å². The van der Waals surface area contributed by atoms with Crippen molar-refractivity contribution in [1.29, 1.82) is 0 Å². The smallest absolute Gasteiger partial charge is 0.284 e. The van der Waals surface area contributed by atoms with E-state index < -0.39 is 0 Å². The van der Waals surface area contributed by atoms with E-state index >= 15 is 0 Å². The van der Waals surface area contributed by atoms with E-state index in [1.54, 1.807) is 16.8 Å². The summed E-state index contributed by atoms with van der Waals surface area (Å²) in [5.41, 5.74) is 7.84. The van der Waals surface area contributed by atoms with E-state index in [-0.39, 0.29) is 29.4 Å². The van der Waals surface area contributed by atoms with Gasteiger partial charge >= 0.3 is 0 Å². The van der Waals surface area contributed by atoms with E-state index in [0.29, 0.717) is 58.6 Å². The van der Waals surface area contributed by atoms with E-state index in [9.17, 15) is 9.59 Å². The van der Waals surface area contributed by atoms with Gasteiger partial charge in [-0.1, -0.05) is 36.7 Å². The van der Waals surface area contributed by atoms with Gasteiger partial charge in [-0.3, -0.25) is 14.2 Å². The molecule has 3 aromatic heterocycles. The first-order chi connectivity index (χ1) is 17.0. The van der Waals surface area contributed by atoms with Gasteiger partial charge in [-0.15, -0.1) is 0 Å². The molecule has 2 aliphatic heterocycles. The first-order valence-corrected chi connectivity index (χ1v) is 11.9. The van der Waals surface area contributed by atoms with Gasteiger partial charge in [0.05, 0.1) is 22.4 Å². The van der Waals surface area contributed by atoms with Crippen molar-refractivity contribution in [2.45, 2.75) is 25.8 Å². The van der Waals surface area contributed by atoms with Crippen LogP contribution < -0.4 is 21.5 Å². The molecule has 1 amide bonds. The van der Waals surface area contributed by atoms with Crippen molar-refractivity contribution >= 4 is 34.8 Å². The summed E-state index contributed by atoms with van der Waals surface area (Å²) in [6.45, 7) is 3.25. The van der Waals surface area contributed by atoms with E-state index in [1.807, 2.05) is 35.2 Å². The highest BCUT2D eigenvalue weighted by atomic mass is 35.5. The number of para-hydroxylation sites is 1. The molecule has 0 radical (unpaired) electrons. The second-order valence-electron chi connectivity index (χ2n) is 8.79. The topological polar surface area (TPSA) is 123 Å². The molecule has 2 aliphatic rings. The summed E-state index contributed by atoms with van der Waals surface area (Å²) in [7, 11) is 0. The standard InChI is InChI=1S/C24H23ClN8O2/c1-2-13-12-31(20-17-16(28-24(26)29-20)8-10-27-22(17)34)18(13)21-30-32-11-9-15(25)19(32)23(35)33(21)14-6-4-3-5-7-14/h3-7,9,11,13,18H,2,8,10,12H2,1H3,(H,27,34)(H2,26,28,29)/t13-,18-/m0/s1. The first kappa shape index (κ1) is 21.6. The summed E-state index contributed by atoms with van der Waals surface area (Å²) in [5, 5.41) is 8.08. The van der Waals surface area contributed by atoms with Crippen LogP contribution in [0.1, 0.15) is 41.3 Å². The number of rotatable bonds is 4. The number of nitrogens with zero attached hydrogens (tertiary/aromatic N) is 6. The number of nitrogen functional groups attached to an aromatic ring is 1. The predicted molar refractivity (Wildman–Crippen MR) is 132 cm³/mol. The third-order valence-electron chi connectivity index (χ3n) is 6.81. The Balaban J connectivity index is 1.59. The minimum Gasteiger partial charge on any atom is -0.368 e. The van der Waals surface area contributed by atoms with Gasteiger partial charge in [0, 0.05) is 31.6 Å². The van der Waals surface area contributed by atoms with E-state index in [4.69, 9.17) is 22.4 Å². The Hall–Kier alpha value is -3.92. The second-order valence-corrected chi connectivity index (χ2v) is 9.20. The Labute approximate surface area is 205 Å². The Morgan fingerprint density at radius 2 is 1.97 bits per heavy atom. The van der Waals surface area contributed by atoms with Crippen LogP contribution in [-0.4, -0.2) is 43.1 Å². The number of anilines is 2. The molecule has 178 valence electrons. The number of hydrogen-bond donors (Lipinski definition) is 2. The van der Waals surface area contributed by atoms with Crippen molar-refractivity contribution in [3.05, 3.63) is 75.1 Å². The van der Waals surface area contributed by atoms with Crippen molar-refractivity contribution in [3.8, 4) is 5.69 Å². The predicted octanol–water partition coefficient (Wildman–Crippen LogP) is 2.38. The summed E-state index contributed by atoms with van der Waals surface area (Å²) in [5.74, 6) is 1.09. The van der Waals surface area contributed by atoms with Crippen LogP contribution in [0.5, 0.6) is 0 Å². The number of fused-ring (bicyclic) bond motifs is 2. The molecule has 35 heavy (non-hydrogen) atoms. The number of halogens is 1. The monoisotopic (exact) mass is 490 g/mol. The maximum atomic E-state index is 13.7. The molecule has 1 fully saturated rings. The van der Waals surface area contributed by atoms with Crippen LogP contribution in [0.2, 0.25) is 5.02 Å². The van der Waals surface area contributed by atoms with Crippen LogP contribution in [0, 0.1) is 5.92 Å². The fraction of sp³-hybridized carbons (Fsp3) is 0.292. The Morgan fingerprint density at radius 1 is 1.17 bits per heavy atom. The Bertz CT molecular complexity index is 1530. The largest absolute Gasteiger partial charge is 0.368 e. The number of carbonyl (C=O) groups excluding carboxylic acids is 1. The van der Waals surface area contributed by atoms with E-state index in [1.165, 1.54) is 4.52 Å². The van der Waals surface area contributed by atoms with Crippen LogP contribution in [-0.2, 0) is 6.42 Å². The minimum absolute atomic E-state index is 0.119. The molecule has 4 aromatic rings. The normalized spacial score (nSPS) is 19.4. The van der Waals surface area contributed by atoms with Gasteiger partial charge < -0.3 is 16.0 Å². The molecular weight excluding hydrogens is 468 g/mol. The quantitative estimate of drug-likeness (QED) is 0.450. The molecule has 0 bridgehead atoms. The fourth-order valence-corrected chi connectivity index (χ4v) is 5.31. The molecule has 1 saturated heterocycles. The maximum Gasteiger partial charge on any atom is 0.284 e. The van der Waals surface area contributed by atoms with Crippen molar-refractivity contribution in [3.63, 3.8) is 0 Å². The molecule has 0 unspecified atom stereocenters. The molecular formula is C24H23ClN8O2. The van der Waals surface area contributed by atoms with Crippen molar-refractivity contribution in [1.82, 2.24) is 29.5 Å². The zero-order valence-corrected chi connectivity index (χ0v) is 19.7. The average Bonchev–Trinajstić information content (AvgIpc) is 3.20. The Morgan fingerprint density at radius 3 is 2.74 bits per heavy atom. The summed E-state index contributed by atoms with van der Waals surface area (Å²) < 4.78 is 3.14. The lowest BCUT2D eigenvalue weighted by atomic mass is 9.84. The van der Waals surface area contributed by atoms with Crippen LogP contribution in [0.15, 0.2) is 47.4 Å². The number of hydrogen-bond acceptors (Lipinski definition) is 7. The summed E-state index contributed by atoms with van der Waals surface area (Å²) in [6, 6.07) is 10.7. The number of nitrogens with two attached hydrogens (primary N) is 1. The summed E-state index contributed by atoms with van der Waals surface area (Å²) >= 11 is 6.35. The molecule has 5 heterocycles.